The van der Waals surface area contributed by atoms with Crippen LogP contribution in [0.15, 0.2) is 59.7 Å². The molecule has 0 saturated carbocycles. The maximum absolute atomic E-state index is 4.75. The summed E-state index contributed by atoms with van der Waals surface area (Å²) in [7, 11) is 1.85. The highest BCUT2D eigenvalue weighted by atomic mass is 127. The first-order valence-electron chi connectivity index (χ1n) is 10.4. The molecule has 4 rings (SSSR count). The number of nitrogens with zero attached hydrogens (tertiary/aromatic N) is 6. The van der Waals surface area contributed by atoms with Crippen LogP contribution in [0.5, 0.6) is 0 Å². The van der Waals surface area contributed by atoms with Gasteiger partial charge in [-0.1, -0.05) is 24.3 Å². The number of piperazine rings is 1. The minimum absolute atomic E-state index is 0. The minimum atomic E-state index is 0. The molecule has 0 aliphatic carbocycles. The van der Waals surface area contributed by atoms with Crippen molar-refractivity contribution in [3.05, 3.63) is 71.7 Å². The van der Waals surface area contributed by atoms with E-state index in [4.69, 9.17) is 5.10 Å². The number of benzene rings is 1. The van der Waals surface area contributed by atoms with E-state index in [9.17, 15) is 0 Å². The number of rotatable bonds is 4. The molecule has 2 aromatic heterocycles. The van der Waals surface area contributed by atoms with Crippen LogP contribution in [0.4, 0.5) is 5.82 Å². The number of guanidine groups is 1. The van der Waals surface area contributed by atoms with E-state index in [2.05, 4.69) is 57.1 Å². The summed E-state index contributed by atoms with van der Waals surface area (Å²) in [6, 6.07) is 16.3. The summed E-state index contributed by atoms with van der Waals surface area (Å²) in [5, 5.41) is 8.29. The van der Waals surface area contributed by atoms with Gasteiger partial charge in [-0.05, 0) is 38.1 Å². The van der Waals surface area contributed by atoms with Crippen LogP contribution in [-0.2, 0) is 6.54 Å². The quantitative estimate of drug-likeness (QED) is 0.318. The van der Waals surface area contributed by atoms with Crippen molar-refractivity contribution in [2.24, 2.45) is 4.99 Å². The molecule has 0 atom stereocenters. The van der Waals surface area contributed by atoms with E-state index >= 15 is 0 Å². The van der Waals surface area contributed by atoms with E-state index in [0.717, 1.165) is 55.0 Å². The van der Waals surface area contributed by atoms with E-state index in [0.29, 0.717) is 6.54 Å². The van der Waals surface area contributed by atoms with Crippen LogP contribution >= 0.6 is 24.0 Å². The normalized spacial score (nSPS) is 14.4. The maximum atomic E-state index is 4.75. The van der Waals surface area contributed by atoms with Crippen LogP contribution in [0.25, 0.3) is 5.69 Å². The second-order valence-electron chi connectivity index (χ2n) is 7.46. The minimum Gasteiger partial charge on any atom is -0.353 e. The molecule has 0 spiro atoms. The first-order valence-corrected chi connectivity index (χ1v) is 10.4. The van der Waals surface area contributed by atoms with E-state index < -0.39 is 0 Å². The van der Waals surface area contributed by atoms with Crippen LogP contribution in [0, 0.1) is 13.8 Å². The molecular weight excluding hydrogens is 501 g/mol. The van der Waals surface area contributed by atoms with Crippen molar-refractivity contribution in [2.75, 3.05) is 38.1 Å². The van der Waals surface area contributed by atoms with Gasteiger partial charge in [-0.15, -0.1) is 24.0 Å². The average Bonchev–Trinajstić information content (AvgIpc) is 3.09. The van der Waals surface area contributed by atoms with Crippen LogP contribution in [-0.4, -0.2) is 58.9 Å². The zero-order valence-electron chi connectivity index (χ0n) is 18.3. The van der Waals surface area contributed by atoms with E-state index in [1.54, 1.807) is 0 Å². The van der Waals surface area contributed by atoms with Gasteiger partial charge in [0.1, 0.15) is 5.82 Å². The lowest BCUT2D eigenvalue weighted by Crippen LogP contribution is -2.52. The molecule has 3 heterocycles. The Balaban J connectivity index is 0.00000272. The molecule has 1 aromatic carbocycles. The fraction of sp³-hybridized carbons (Fsp3) is 0.348. The van der Waals surface area contributed by atoms with Crippen molar-refractivity contribution in [3.63, 3.8) is 0 Å². The SMILES string of the molecule is CN=C(NCc1c(C)nn(-c2ccccc2)c1C)N1CCN(c2ccccn2)CC1.I. The number of pyridine rings is 1. The lowest BCUT2D eigenvalue weighted by atomic mass is 10.2. The second-order valence-corrected chi connectivity index (χ2v) is 7.46. The van der Waals surface area contributed by atoms with Gasteiger partial charge < -0.3 is 15.1 Å². The Bertz CT molecular complexity index is 994. The van der Waals surface area contributed by atoms with Crippen molar-refractivity contribution in [2.45, 2.75) is 20.4 Å². The fourth-order valence-corrected chi connectivity index (χ4v) is 3.94. The second kappa shape index (κ2) is 10.6. The molecule has 1 aliphatic rings. The summed E-state index contributed by atoms with van der Waals surface area (Å²) in [4.78, 5) is 13.6. The van der Waals surface area contributed by atoms with Gasteiger partial charge in [0.2, 0.25) is 0 Å². The van der Waals surface area contributed by atoms with Gasteiger partial charge in [0.05, 0.1) is 11.4 Å². The summed E-state index contributed by atoms with van der Waals surface area (Å²) < 4.78 is 2.01. The highest BCUT2D eigenvalue weighted by molar-refractivity contribution is 14.0. The molecule has 0 radical (unpaired) electrons. The van der Waals surface area contributed by atoms with Gasteiger partial charge in [0.15, 0.2) is 5.96 Å². The lowest BCUT2D eigenvalue weighted by Gasteiger charge is -2.37. The van der Waals surface area contributed by atoms with Crippen molar-refractivity contribution in [3.8, 4) is 5.69 Å². The molecule has 0 bridgehead atoms. The van der Waals surface area contributed by atoms with Gasteiger partial charge in [-0.25, -0.2) is 9.67 Å². The molecule has 31 heavy (non-hydrogen) atoms. The Morgan fingerprint density at radius 2 is 1.71 bits per heavy atom. The standard InChI is InChI=1S/C23H29N7.HI/c1-18-21(19(2)30(27-18)20-9-5-4-6-10-20)17-26-23(24-3)29-15-13-28(14-16-29)22-11-7-8-12-25-22;/h4-12H,13-17H2,1-3H3,(H,24,26);1H. The molecule has 7 nitrogen and oxygen atoms in total. The Labute approximate surface area is 201 Å². The number of aromatic nitrogens is 3. The third-order valence-corrected chi connectivity index (χ3v) is 5.63. The fourth-order valence-electron chi connectivity index (χ4n) is 3.94. The predicted octanol–water partition coefficient (Wildman–Crippen LogP) is 3.40. The molecule has 1 saturated heterocycles. The largest absolute Gasteiger partial charge is 0.353 e. The number of aliphatic imine (C=N–C) groups is 1. The summed E-state index contributed by atoms with van der Waals surface area (Å²) in [6.45, 7) is 8.59. The zero-order chi connectivity index (χ0) is 20.9. The molecule has 0 unspecified atom stereocenters. The van der Waals surface area contributed by atoms with Gasteiger partial charge >= 0.3 is 0 Å². The number of hydrogen-bond donors (Lipinski definition) is 1. The highest BCUT2D eigenvalue weighted by Crippen LogP contribution is 2.18. The summed E-state index contributed by atoms with van der Waals surface area (Å²) >= 11 is 0. The molecular formula is C23H30IN7. The van der Waals surface area contributed by atoms with E-state index in [1.807, 2.05) is 48.3 Å². The number of hydrogen-bond acceptors (Lipinski definition) is 4. The Morgan fingerprint density at radius 1 is 1.00 bits per heavy atom. The highest BCUT2D eigenvalue weighted by Gasteiger charge is 2.21. The third kappa shape index (κ3) is 5.17. The topological polar surface area (TPSA) is 61.6 Å². The van der Waals surface area contributed by atoms with Crippen molar-refractivity contribution < 1.29 is 0 Å². The monoisotopic (exact) mass is 531 g/mol. The summed E-state index contributed by atoms with van der Waals surface area (Å²) in [5.41, 5.74) is 4.49. The molecule has 8 heteroatoms. The van der Waals surface area contributed by atoms with Gasteiger partial charge in [0.25, 0.3) is 0 Å². The molecule has 1 aliphatic heterocycles. The Morgan fingerprint density at radius 3 is 2.35 bits per heavy atom. The zero-order valence-corrected chi connectivity index (χ0v) is 20.7. The molecule has 3 aromatic rings. The number of nitrogens with one attached hydrogen (secondary N) is 1. The predicted molar refractivity (Wildman–Crippen MR) is 137 cm³/mol. The van der Waals surface area contributed by atoms with Crippen LogP contribution in [0.2, 0.25) is 0 Å². The van der Waals surface area contributed by atoms with Gasteiger partial charge in [0, 0.05) is 57.2 Å². The van der Waals surface area contributed by atoms with Gasteiger partial charge in [-0.3, -0.25) is 4.99 Å². The van der Waals surface area contributed by atoms with Crippen molar-refractivity contribution in [1.82, 2.24) is 25.0 Å². The number of para-hydroxylation sites is 1. The number of anilines is 1. The van der Waals surface area contributed by atoms with E-state index in [-0.39, 0.29) is 24.0 Å². The lowest BCUT2D eigenvalue weighted by molar-refractivity contribution is 0.371. The molecule has 1 N–H and O–H groups in total. The Hall–Kier alpha value is -2.62. The Kier molecular flexibility index (Phi) is 7.89. The molecule has 1 fully saturated rings. The van der Waals surface area contributed by atoms with Gasteiger partial charge in [-0.2, -0.15) is 5.10 Å². The van der Waals surface area contributed by atoms with Crippen LogP contribution < -0.4 is 10.2 Å². The van der Waals surface area contributed by atoms with E-state index in [1.165, 1.54) is 5.56 Å². The number of aryl methyl sites for hydroxylation is 1. The smallest absolute Gasteiger partial charge is 0.194 e. The third-order valence-electron chi connectivity index (χ3n) is 5.63. The first-order chi connectivity index (χ1) is 14.7. The average molecular weight is 531 g/mol. The first kappa shape index (κ1) is 23.1. The maximum Gasteiger partial charge on any atom is 0.194 e. The van der Waals surface area contributed by atoms with Crippen LogP contribution in [0.3, 0.4) is 0 Å². The number of halogens is 1. The summed E-state index contributed by atoms with van der Waals surface area (Å²) in [5.74, 6) is 1.97. The summed E-state index contributed by atoms with van der Waals surface area (Å²) in [6.07, 6.45) is 1.85. The van der Waals surface area contributed by atoms with Crippen LogP contribution in [0.1, 0.15) is 17.0 Å². The molecule has 0 amide bonds. The van der Waals surface area contributed by atoms with Crippen molar-refractivity contribution >= 4 is 35.8 Å². The van der Waals surface area contributed by atoms with Crippen molar-refractivity contribution in [1.29, 1.82) is 0 Å². The molecule has 164 valence electrons.